The molecule has 0 unspecified atom stereocenters. The zero-order valence-corrected chi connectivity index (χ0v) is 21.9. The normalized spacial score (nSPS) is 24.2. The van der Waals surface area contributed by atoms with Gasteiger partial charge in [0.2, 0.25) is 17.8 Å². The number of rotatable bonds is 7. The minimum atomic E-state index is -1.76. The smallest absolute Gasteiger partial charge is 0.303 e. The van der Waals surface area contributed by atoms with Gasteiger partial charge in [0.05, 0.1) is 5.56 Å². The lowest BCUT2D eigenvalue weighted by molar-refractivity contribution is -0.285. The summed E-state index contributed by atoms with van der Waals surface area (Å²) < 4.78 is 32.3. The van der Waals surface area contributed by atoms with Crippen molar-refractivity contribution in [3.05, 3.63) is 47.2 Å². The van der Waals surface area contributed by atoms with Gasteiger partial charge in [-0.25, -0.2) is 0 Å². The fourth-order valence-corrected chi connectivity index (χ4v) is 4.21. The number of fused-ring (bicyclic) bond motifs is 1. The average Bonchev–Trinajstić information content (AvgIpc) is 3.21. The van der Waals surface area contributed by atoms with E-state index in [-0.39, 0.29) is 28.6 Å². The number of carbonyl (C=O) groups is 4. The minimum Gasteiger partial charge on any atom is -0.504 e. The topological polar surface area (TPSA) is 205 Å². The molecule has 2 aromatic carbocycles. The minimum absolute atomic E-state index is 0.0188. The predicted octanol–water partition coefficient (Wildman–Crippen LogP) is 1.31. The molecule has 0 aromatic heterocycles. The van der Waals surface area contributed by atoms with E-state index < -0.39 is 72.5 Å². The Morgan fingerprint density at radius 2 is 1.61 bits per heavy atom. The number of hydrogen-bond donors (Lipinski definition) is 4. The molecule has 1 saturated heterocycles. The number of phenolic OH excluding ortho intramolecular Hbond substituents is 3. The molecule has 41 heavy (non-hydrogen) atoms. The molecule has 14 nitrogen and oxygen atoms in total. The van der Waals surface area contributed by atoms with Gasteiger partial charge in [0.25, 0.3) is 0 Å². The van der Waals surface area contributed by atoms with E-state index in [2.05, 4.69) is 0 Å². The Balaban J connectivity index is 1.61. The Hall–Kier alpha value is -4.82. The van der Waals surface area contributed by atoms with Crippen molar-refractivity contribution < 1.29 is 68.0 Å². The molecule has 0 saturated carbocycles. The Morgan fingerprint density at radius 1 is 0.927 bits per heavy atom. The summed E-state index contributed by atoms with van der Waals surface area (Å²) in [4.78, 5) is 47.7. The van der Waals surface area contributed by atoms with Crippen LogP contribution in [0.25, 0.3) is 6.08 Å². The summed E-state index contributed by atoms with van der Waals surface area (Å²) in [6.07, 6.45) is -6.28. The Kier molecular flexibility index (Phi) is 8.35. The number of esters is 3. The molecule has 0 spiro atoms. The van der Waals surface area contributed by atoms with Gasteiger partial charge >= 0.3 is 17.9 Å². The fourth-order valence-electron chi connectivity index (χ4n) is 4.21. The third kappa shape index (κ3) is 6.34. The van der Waals surface area contributed by atoms with Crippen molar-refractivity contribution in [3.8, 4) is 28.7 Å². The molecular formula is C27H26O14. The van der Waals surface area contributed by atoms with Gasteiger partial charge in [0, 0.05) is 20.8 Å². The number of benzene rings is 2. The molecule has 4 N–H and O–H groups in total. The van der Waals surface area contributed by atoms with Gasteiger partial charge in [0.15, 0.2) is 47.1 Å². The molecule has 4 rings (SSSR count). The van der Waals surface area contributed by atoms with E-state index in [9.17, 15) is 39.6 Å². The monoisotopic (exact) mass is 574 g/mol. The number of ether oxygens (including phenoxy) is 6. The lowest BCUT2D eigenvalue weighted by atomic mass is 9.98. The summed E-state index contributed by atoms with van der Waals surface area (Å²) in [7, 11) is 0. The van der Waals surface area contributed by atoms with Crippen molar-refractivity contribution in [2.75, 3.05) is 6.61 Å². The molecule has 0 bridgehead atoms. The first kappa shape index (κ1) is 29.2. The maximum atomic E-state index is 12.8. The van der Waals surface area contributed by atoms with Gasteiger partial charge in [-0.3, -0.25) is 19.2 Å². The lowest BCUT2D eigenvalue weighted by Gasteiger charge is -2.42. The lowest BCUT2D eigenvalue weighted by Crippen LogP contribution is -2.62. The van der Waals surface area contributed by atoms with Crippen LogP contribution in [0.1, 0.15) is 36.7 Å². The van der Waals surface area contributed by atoms with Gasteiger partial charge in [-0.15, -0.1) is 0 Å². The highest BCUT2D eigenvalue weighted by Gasteiger charge is 2.51. The third-order valence-corrected chi connectivity index (χ3v) is 5.98. The van der Waals surface area contributed by atoms with Crippen LogP contribution in [-0.4, -0.2) is 81.4 Å². The second-order valence-corrected chi connectivity index (χ2v) is 9.08. The van der Waals surface area contributed by atoms with Gasteiger partial charge in [-0.05, 0) is 35.9 Å². The molecule has 0 radical (unpaired) electrons. The number of aliphatic hydroxyl groups is 1. The number of ketones is 1. The number of phenols is 3. The first-order valence-electron chi connectivity index (χ1n) is 12.2. The van der Waals surface area contributed by atoms with Crippen LogP contribution in [0.4, 0.5) is 0 Å². The van der Waals surface area contributed by atoms with Crippen LogP contribution in [0.3, 0.4) is 0 Å². The third-order valence-electron chi connectivity index (χ3n) is 5.98. The van der Waals surface area contributed by atoms with E-state index in [4.69, 9.17) is 28.4 Å². The van der Waals surface area contributed by atoms with Crippen molar-refractivity contribution in [2.45, 2.75) is 51.5 Å². The number of allylic oxidation sites excluding steroid dienone is 1. The number of carbonyl (C=O) groups excluding carboxylic acids is 4. The van der Waals surface area contributed by atoms with Crippen molar-refractivity contribution in [1.82, 2.24) is 0 Å². The molecule has 218 valence electrons. The predicted molar refractivity (Wildman–Crippen MR) is 134 cm³/mol. The van der Waals surface area contributed by atoms with Gasteiger partial charge in [0.1, 0.15) is 12.7 Å². The molecule has 0 aliphatic carbocycles. The van der Waals surface area contributed by atoms with Crippen LogP contribution in [-0.2, 0) is 33.3 Å². The van der Waals surface area contributed by atoms with Crippen molar-refractivity contribution in [1.29, 1.82) is 0 Å². The standard InChI is InChI=1S/C27H26O14/c1-11(28)36-10-20-25(37-12(2)29)26(38-13(3)30)23(35)27(41-20)40-18-7-5-15-21(33)19(39-24(15)22(18)34)9-14-4-6-16(31)17(32)8-14/h4-9,20,23,25-27,31-32,34-35H,10H2,1-3H3/b19-9-/t20-,23-,25-,26-,27-/m1/s1. The summed E-state index contributed by atoms with van der Waals surface area (Å²) in [6, 6.07) is 6.34. The SMILES string of the molecule is CC(=O)OC[C@H]1O[C@@H](Oc2ccc3c(c2O)O/C(=C\c2ccc(O)c(O)c2)C3=O)[C@H](O)[C@@H](OC(C)=O)[C@@H]1OC(C)=O. The summed E-state index contributed by atoms with van der Waals surface area (Å²) in [5.41, 5.74) is 0.304. The molecule has 5 atom stereocenters. The second-order valence-electron chi connectivity index (χ2n) is 9.08. The number of aliphatic hydroxyl groups excluding tert-OH is 1. The molecule has 2 heterocycles. The summed E-state index contributed by atoms with van der Waals surface area (Å²) >= 11 is 0. The number of Topliss-reactive ketones (excluding diaryl/α,β-unsaturated/α-hetero) is 1. The molecule has 2 aliphatic rings. The van der Waals surface area contributed by atoms with E-state index in [1.165, 1.54) is 36.4 Å². The van der Waals surface area contributed by atoms with Crippen molar-refractivity contribution in [2.24, 2.45) is 0 Å². The zero-order chi connectivity index (χ0) is 30.0. The molecule has 2 aliphatic heterocycles. The first-order chi connectivity index (χ1) is 19.3. The zero-order valence-electron chi connectivity index (χ0n) is 21.9. The van der Waals surface area contributed by atoms with Gasteiger partial charge in [-0.1, -0.05) is 6.07 Å². The molecular weight excluding hydrogens is 548 g/mol. The van der Waals surface area contributed by atoms with Crippen LogP contribution >= 0.6 is 0 Å². The number of hydrogen-bond acceptors (Lipinski definition) is 14. The highest BCUT2D eigenvalue weighted by Crippen LogP contribution is 2.46. The number of aromatic hydroxyl groups is 3. The summed E-state index contributed by atoms with van der Waals surface area (Å²) in [5, 5.41) is 41.0. The second kappa shape index (κ2) is 11.7. The van der Waals surface area contributed by atoms with Crippen LogP contribution in [0.15, 0.2) is 36.1 Å². The van der Waals surface area contributed by atoms with E-state index in [1.807, 2.05) is 0 Å². The van der Waals surface area contributed by atoms with Crippen LogP contribution in [0.2, 0.25) is 0 Å². The van der Waals surface area contributed by atoms with Crippen LogP contribution in [0.5, 0.6) is 28.7 Å². The van der Waals surface area contributed by atoms with Gasteiger partial charge in [-0.2, -0.15) is 0 Å². The highest BCUT2D eigenvalue weighted by molar-refractivity contribution is 6.15. The summed E-state index contributed by atoms with van der Waals surface area (Å²) in [5.74, 6) is -5.07. The Bertz CT molecular complexity index is 1410. The quantitative estimate of drug-likeness (QED) is 0.159. The van der Waals surface area contributed by atoms with Crippen molar-refractivity contribution in [3.63, 3.8) is 0 Å². The Labute approximate surface area is 232 Å². The average molecular weight is 574 g/mol. The molecule has 14 heteroatoms. The molecule has 1 fully saturated rings. The highest BCUT2D eigenvalue weighted by atomic mass is 16.7. The van der Waals surface area contributed by atoms with Crippen molar-refractivity contribution >= 4 is 29.8 Å². The largest absolute Gasteiger partial charge is 0.504 e. The Morgan fingerprint density at radius 3 is 2.24 bits per heavy atom. The first-order valence-corrected chi connectivity index (χ1v) is 12.2. The fraction of sp³-hybridized carbons (Fsp3) is 0.333. The van der Waals surface area contributed by atoms with E-state index >= 15 is 0 Å². The van der Waals surface area contributed by atoms with Crippen LogP contribution < -0.4 is 9.47 Å². The maximum absolute atomic E-state index is 12.8. The molecule has 0 amide bonds. The van der Waals surface area contributed by atoms with E-state index in [0.717, 1.165) is 20.8 Å². The van der Waals surface area contributed by atoms with Gasteiger partial charge < -0.3 is 48.8 Å². The molecule has 2 aromatic rings. The summed E-state index contributed by atoms with van der Waals surface area (Å²) in [6.45, 7) is 2.81. The van der Waals surface area contributed by atoms with E-state index in [1.54, 1.807) is 0 Å². The maximum Gasteiger partial charge on any atom is 0.303 e. The van der Waals surface area contributed by atoms with Crippen LogP contribution in [0, 0.1) is 0 Å². The van der Waals surface area contributed by atoms with E-state index in [0.29, 0.717) is 5.56 Å².